The van der Waals surface area contributed by atoms with E-state index in [0.717, 1.165) is 11.4 Å². The maximum Gasteiger partial charge on any atom is 0.139 e. The lowest BCUT2D eigenvalue weighted by molar-refractivity contribution is 0.131. The molecule has 0 bridgehead atoms. The summed E-state index contributed by atoms with van der Waals surface area (Å²) in [6, 6.07) is 5.25. The standard InChI is InChI=1S/C12H19NO2/c1-12(2,3)15-9-6-7-11(14)10(8-9)13(4)5/h6-8,14H,1-5H3. The van der Waals surface area contributed by atoms with Crippen molar-refractivity contribution in [3.8, 4) is 11.5 Å². The zero-order valence-electron chi connectivity index (χ0n) is 10.0. The van der Waals surface area contributed by atoms with Crippen molar-refractivity contribution in [1.82, 2.24) is 0 Å². The van der Waals surface area contributed by atoms with E-state index >= 15 is 0 Å². The highest BCUT2D eigenvalue weighted by atomic mass is 16.5. The average Bonchev–Trinajstić information content (AvgIpc) is 2.05. The smallest absolute Gasteiger partial charge is 0.139 e. The number of rotatable bonds is 2. The topological polar surface area (TPSA) is 32.7 Å². The molecular formula is C12H19NO2. The molecule has 1 aromatic carbocycles. The van der Waals surface area contributed by atoms with E-state index in [1.807, 2.05) is 45.8 Å². The van der Waals surface area contributed by atoms with E-state index in [-0.39, 0.29) is 11.4 Å². The van der Waals surface area contributed by atoms with E-state index in [2.05, 4.69) is 0 Å². The van der Waals surface area contributed by atoms with E-state index in [0.29, 0.717) is 0 Å². The third kappa shape index (κ3) is 3.35. The quantitative estimate of drug-likeness (QED) is 0.812. The summed E-state index contributed by atoms with van der Waals surface area (Å²) in [4.78, 5) is 1.85. The maximum absolute atomic E-state index is 9.61. The summed E-state index contributed by atoms with van der Waals surface area (Å²) in [7, 11) is 3.77. The molecule has 3 nitrogen and oxygen atoms in total. The SMILES string of the molecule is CN(C)c1cc(OC(C)(C)C)ccc1O. The van der Waals surface area contributed by atoms with Gasteiger partial charge in [0.2, 0.25) is 0 Å². The molecule has 15 heavy (non-hydrogen) atoms. The van der Waals surface area contributed by atoms with Gasteiger partial charge < -0.3 is 14.7 Å². The van der Waals surface area contributed by atoms with Gasteiger partial charge in [-0.1, -0.05) is 0 Å². The Labute approximate surface area is 91.3 Å². The highest BCUT2D eigenvalue weighted by Crippen LogP contribution is 2.31. The van der Waals surface area contributed by atoms with Crippen LogP contribution in [0.3, 0.4) is 0 Å². The number of hydrogen-bond acceptors (Lipinski definition) is 3. The van der Waals surface area contributed by atoms with Crippen molar-refractivity contribution in [2.24, 2.45) is 0 Å². The van der Waals surface area contributed by atoms with Gasteiger partial charge in [-0.05, 0) is 32.9 Å². The van der Waals surface area contributed by atoms with Gasteiger partial charge in [0.1, 0.15) is 17.1 Å². The first-order chi connectivity index (χ1) is 6.79. The summed E-state index contributed by atoms with van der Waals surface area (Å²) in [6.45, 7) is 5.99. The third-order valence-electron chi connectivity index (χ3n) is 1.85. The average molecular weight is 209 g/mol. The lowest BCUT2D eigenvalue weighted by Crippen LogP contribution is -2.23. The summed E-state index contributed by atoms with van der Waals surface area (Å²) in [5, 5.41) is 9.61. The molecule has 84 valence electrons. The largest absolute Gasteiger partial charge is 0.506 e. The van der Waals surface area contributed by atoms with Crippen LogP contribution in [0.2, 0.25) is 0 Å². The summed E-state index contributed by atoms with van der Waals surface area (Å²) < 4.78 is 5.71. The van der Waals surface area contributed by atoms with Crippen molar-refractivity contribution in [2.45, 2.75) is 26.4 Å². The van der Waals surface area contributed by atoms with E-state index in [9.17, 15) is 5.11 Å². The number of aromatic hydroxyl groups is 1. The molecule has 0 heterocycles. The van der Waals surface area contributed by atoms with Crippen LogP contribution in [0, 0.1) is 0 Å². The van der Waals surface area contributed by atoms with E-state index < -0.39 is 0 Å². The molecule has 0 radical (unpaired) electrons. The Morgan fingerprint density at radius 2 is 1.80 bits per heavy atom. The maximum atomic E-state index is 9.61. The van der Waals surface area contributed by atoms with Crippen LogP contribution in [-0.4, -0.2) is 24.8 Å². The Kier molecular flexibility index (Phi) is 3.12. The Morgan fingerprint density at radius 1 is 1.20 bits per heavy atom. The summed E-state index contributed by atoms with van der Waals surface area (Å²) >= 11 is 0. The summed E-state index contributed by atoms with van der Waals surface area (Å²) in [5.41, 5.74) is 0.539. The Morgan fingerprint density at radius 3 is 2.27 bits per heavy atom. The number of hydrogen-bond donors (Lipinski definition) is 1. The zero-order valence-corrected chi connectivity index (χ0v) is 10.0. The molecule has 0 amide bonds. The van der Waals surface area contributed by atoms with Gasteiger partial charge in [0.15, 0.2) is 0 Å². The second-order valence-electron chi connectivity index (χ2n) is 4.76. The van der Waals surface area contributed by atoms with Crippen LogP contribution < -0.4 is 9.64 Å². The number of nitrogens with zero attached hydrogens (tertiary/aromatic N) is 1. The van der Waals surface area contributed by atoms with Crippen molar-refractivity contribution in [3.05, 3.63) is 18.2 Å². The van der Waals surface area contributed by atoms with Crippen LogP contribution >= 0.6 is 0 Å². The molecule has 0 aliphatic carbocycles. The Bertz CT molecular complexity index is 340. The number of anilines is 1. The predicted molar refractivity (Wildman–Crippen MR) is 62.8 cm³/mol. The van der Waals surface area contributed by atoms with Crippen LogP contribution in [0.1, 0.15) is 20.8 Å². The molecular weight excluding hydrogens is 190 g/mol. The van der Waals surface area contributed by atoms with Gasteiger partial charge in [0, 0.05) is 20.2 Å². The number of benzene rings is 1. The minimum atomic E-state index is -0.222. The molecule has 3 heteroatoms. The van der Waals surface area contributed by atoms with Gasteiger partial charge in [0.05, 0.1) is 5.69 Å². The Hall–Kier alpha value is -1.38. The first kappa shape index (κ1) is 11.7. The van der Waals surface area contributed by atoms with Gasteiger partial charge in [-0.2, -0.15) is 0 Å². The van der Waals surface area contributed by atoms with Gasteiger partial charge in [0.25, 0.3) is 0 Å². The second kappa shape index (κ2) is 4.01. The highest BCUT2D eigenvalue weighted by Gasteiger charge is 2.13. The molecule has 1 N–H and O–H groups in total. The molecule has 0 aliphatic heterocycles. The molecule has 0 aliphatic rings. The minimum absolute atomic E-state index is 0.222. The number of ether oxygens (including phenoxy) is 1. The fourth-order valence-electron chi connectivity index (χ4n) is 1.28. The van der Waals surface area contributed by atoms with Gasteiger partial charge in [-0.15, -0.1) is 0 Å². The van der Waals surface area contributed by atoms with Gasteiger partial charge in [-0.25, -0.2) is 0 Å². The number of phenols is 1. The van der Waals surface area contributed by atoms with Crippen LogP contribution in [-0.2, 0) is 0 Å². The van der Waals surface area contributed by atoms with Crippen molar-refractivity contribution >= 4 is 5.69 Å². The monoisotopic (exact) mass is 209 g/mol. The Balaban J connectivity index is 2.98. The molecule has 1 aromatic rings. The van der Waals surface area contributed by atoms with E-state index in [4.69, 9.17) is 4.74 Å². The zero-order chi connectivity index (χ0) is 11.6. The molecule has 0 aromatic heterocycles. The highest BCUT2D eigenvalue weighted by molar-refractivity contribution is 5.60. The van der Waals surface area contributed by atoms with Crippen molar-refractivity contribution in [2.75, 3.05) is 19.0 Å². The van der Waals surface area contributed by atoms with Crippen molar-refractivity contribution in [3.63, 3.8) is 0 Å². The van der Waals surface area contributed by atoms with Crippen LogP contribution in [0.4, 0.5) is 5.69 Å². The molecule has 0 saturated carbocycles. The summed E-state index contributed by atoms with van der Waals surface area (Å²) in [5.74, 6) is 1.03. The first-order valence-electron chi connectivity index (χ1n) is 4.99. The lowest BCUT2D eigenvalue weighted by Gasteiger charge is -2.23. The first-order valence-corrected chi connectivity index (χ1v) is 4.99. The molecule has 0 spiro atoms. The van der Waals surface area contributed by atoms with Crippen molar-refractivity contribution in [1.29, 1.82) is 0 Å². The normalized spacial score (nSPS) is 11.3. The molecule has 0 saturated heterocycles. The van der Waals surface area contributed by atoms with Gasteiger partial charge in [-0.3, -0.25) is 0 Å². The molecule has 1 rings (SSSR count). The van der Waals surface area contributed by atoms with E-state index in [1.54, 1.807) is 12.1 Å². The fraction of sp³-hybridized carbons (Fsp3) is 0.500. The predicted octanol–water partition coefficient (Wildman–Crippen LogP) is 2.64. The fourth-order valence-corrected chi connectivity index (χ4v) is 1.28. The third-order valence-corrected chi connectivity index (χ3v) is 1.85. The van der Waals surface area contributed by atoms with Crippen LogP contribution in [0.5, 0.6) is 11.5 Å². The molecule has 0 fully saturated rings. The molecule has 0 atom stereocenters. The van der Waals surface area contributed by atoms with Crippen molar-refractivity contribution < 1.29 is 9.84 Å². The van der Waals surface area contributed by atoms with Crippen LogP contribution in [0.15, 0.2) is 18.2 Å². The second-order valence-corrected chi connectivity index (χ2v) is 4.76. The number of phenolic OH excluding ortho intramolecular Hbond substituents is 1. The van der Waals surface area contributed by atoms with Crippen LogP contribution in [0.25, 0.3) is 0 Å². The minimum Gasteiger partial charge on any atom is -0.506 e. The summed E-state index contributed by atoms with van der Waals surface area (Å²) in [6.07, 6.45) is 0. The lowest BCUT2D eigenvalue weighted by atomic mass is 10.2. The van der Waals surface area contributed by atoms with Gasteiger partial charge >= 0.3 is 0 Å². The van der Waals surface area contributed by atoms with E-state index in [1.165, 1.54) is 0 Å². The molecule has 0 unspecified atom stereocenters.